The van der Waals surface area contributed by atoms with Crippen LogP contribution in [0.1, 0.15) is 6.92 Å². The minimum Gasteiger partial charge on any atom is -0.394 e. The summed E-state index contributed by atoms with van der Waals surface area (Å²) in [4.78, 5) is 0. The Balaban J connectivity index is 2.57. The zero-order chi connectivity index (χ0) is 9.41. The molecule has 1 N–H and O–H groups in total. The largest absolute Gasteiger partial charge is 0.394 e. The van der Waals surface area contributed by atoms with E-state index in [4.69, 9.17) is 9.84 Å². The molecule has 0 amide bonds. The fourth-order valence-electron chi connectivity index (χ4n) is 0.895. The van der Waals surface area contributed by atoms with Gasteiger partial charge in [-0.05, 0) is 6.92 Å². The van der Waals surface area contributed by atoms with Gasteiger partial charge >= 0.3 is 0 Å². The summed E-state index contributed by atoms with van der Waals surface area (Å²) in [5.74, 6) is 3.10. The van der Waals surface area contributed by atoms with Crippen molar-refractivity contribution in [3.63, 3.8) is 0 Å². The van der Waals surface area contributed by atoms with Gasteiger partial charge in [-0.2, -0.15) is 0 Å². The summed E-state index contributed by atoms with van der Waals surface area (Å²) in [5, 5.41) is 8.79. The lowest BCUT2D eigenvalue weighted by molar-refractivity contribution is 0.240. The molecular weight excluding hydrogens is 168 g/mol. The molecule has 1 aliphatic rings. The van der Waals surface area contributed by atoms with Gasteiger partial charge in [0.05, 0.1) is 6.61 Å². The normalized spacial score (nSPS) is 33.9. The van der Waals surface area contributed by atoms with Crippen molar-refractivity contribution in [2.24, 2.45) is 0 Å². The van der Waals surface area contributed by atoms with Gasteiger partial charge in [0.2, 0.25) is 0 Å². The highest BCUT2D eigenvalue weighted by atomic mass is 28.3. The van der Waals surface area contributed by atoms with Crippen LogP contribution >= 0.6 is 0 Å². The van der Waals surface area contributed by atoms with E-state index in [1.165, 1.54) is 0 Å². The van der Waals surface area contributed by atoms with Gasteiger partial charge in [-0.15, -0.1) is 5.54 Å². The van der Waals surface area contributed by atoms with Crippen LogP contribution < -0.4 is 0 Å². The highest BCUT2D eigenvalue weighted by Gasteiger charge is 2.50. The van der Waals surface area contributed by atoms with Crippen molar-refractivity contribution in [3.8, 4) is 11.5 Å². The fraction of sp³-hybridized carbons (Fsp3) is 0.778. The van der Waals surface area contributed by atoms with Crippen LogP contribution in [0.2, 0.25) is 19.6 Å². The zero-order valence-electron chi connectivity index (χ0n) is 8.14. The lowest BCUT2D eigenvalue weighted by atomic mass is 10.1. The molecule has 1 rings (SSSR count). The first-order valence-electron chi connectivity index (χ1n) is 4.20. The topological polar surface area (TPSA) is 32.8 Å². The van der Waals surface area contributed by atoms with E-state index in [2.05, 4.69) is 31.1 Å². The van der Waals surface area contributed by atoms with Crippen molar-refractivity contribution in [2.45, 2.75) is 38.3 Å². The second kappa shape index (κ2) is 2.88. The van der Waals surface area contributed by atoms with Crippen LogP contribution in [0.5, 0.6) is 0 Å². The quantitative estimate of drug-likeness (QED) is 0.375. The number of rotatable bonds is 1. The van der Waals surface area contributed by atoms with Crippen molar-refractivity contribution >= 4 is 8.07 Å². The van der Waals surface area contributed by atoms with Crippen LogP contribution in [0.3, 0.4) is 0 Å². The van der Waals surface area contributed by atoms with Gasteiger partial charge in [-0.25, -0.2) is 0 Å². The van der Waals surface area contributed by atoms with Gasteiger partial charge in [0.1, 0.15) is 14.2 Å². The maximum absolute atomic E-state index is 8.79. The van der Waals surface area contributed by atoms with Crippen molar-refractivity contribution in [2.75, 3.05) is 6.61 Å². The predicted octanol–water partition coefficient (Wildman–Crippen LogP) is 1.02. The lowest BCUT2D eigenvalue weighted by Gasteiger charge is -2.04. The number of aliphatic hydroxyl groups is 1. The first-order valence-corrected chi connectivity index (χ1v) is 7.70. The molecule has 0 saturated carbocycles. The number of ether oxygens (including phenoxy) is 1. The van der Waals surface area contributed by atoms with Gasteiger partial charge in [0.15, 0.2) is 5.60 Å². The average Bonchev–Trinajstić information content (AvgIpc) is 2.58. The molecule has 12 heavy (non-hydrogen) atoms. The summed E-state index contributed by atoms with van der Waals surface area (Å²) in [6.45, 7) is 8.59. The van der Waals surface area contributed by atoms with Crippen LogP contribution in [0, 0.1) is 11.5 Å². The Morgan fingerprint density at radius 2 is 2.08 bits per heavy atom. The van der Waals surface area contributed by atoms with E-state index in [1.807, 2.05) is 6.92 Å². The molecule has 2 nitrogen and oxygen atoms in total. The molecule has 0 aromatic heterocycles. The van der Waals surface area contributed by atoms with Gasteiger partial charge in [0.25, 0.3) is 0 Å². The molecule has 0 aromatic carbocycles. The second-order valence-corrected chi connectivity index (χ2v) is 9.15. The lowest BCUT2D eigenvalue weighted by Crippen LogP contribution is -2.19. The minimum atomic E-state index is -1.29. The van der Waals surface area contributed by atoms with Gasteiger partial charge in [-0.1, -0.05) is 25.6 Å². The Bertz CT molecular complexity index is 233. The zero-order valence-corrected chi connectivity index (χ0v) is 9.14. The van der Waals surface area contributed by atoms with Crippen molar-refractivity contribution in [3.05, 3.63) is 0 Å². The molecule has 0 bridgehead atoms. The summed E-state index contributed by atoms with van der Waals surface area (Å²) in [6.07, 6.45) is -0.0543. The van der Waals surface area contributed by atoms with E-state index < -0.39 is 8.07 Å². The molecule has 0 spiro atoms. The Morgan fingerprint density at radius 3 is 2.42 bits per heavy atom. The Labute approximate surface area is 74.9 Å². The third-order valence-electron chi connectivity index (χ3n) is 1.80. The first kappa shape index (κ1) is 9.78. The molecule has 1 fully saturated rings. The third kappa shape index (κ3) is 2.34. The summed E-state index contributed by atoms with van der Waals surface area (Å²) in [7, 11) is -1.29. The maximum Gasteiger partial charge on any atom is 0.154 e. The maximum atomic E-state index is 8.79. The van der Waals surface area contributed by atoms with E-state index in [9.17, 15) is 0 Å². The molecule has 0 aromatic rings. The molecular formula is C9H16O2Si. The SMILES string of the molecule is C[C@@]1(C#C[Si](C)(C)C)O[C@@H]1CO. The molecule has 1 heterocycles. The van der Waals surface area contributed by atoms with Gasteiger partial charge < -0.3 is 9.84 Å². The molecule has 2 atom stereocenters. The molecule has 1 aliphatic heterocycles. The smallest absolute Gasteiger partial charge is 0.154 e. The highest BCUT2D eigenvalue weighted by Crippen LogP contribution is 2.34. The third-order valence-corrected chi connectivity index (χ3v) is 2.67. The van der Waals surface area contributed by atoms with Crippen molar-refractivity contribution < 1.29 is 9.84 Å². The summed E-state index contributed by atoms with van der Waals surface area (Å²) in [6, 6.07) is 0. The Kier molecular flexibility index (Phi) is 2.35. The molecule has 0 aliphatic carbocycles. The molecule has 3 heteroatoms. The second-order valence-electron chi connectivity index (χ2n) is 4.40. The number of hydrogen-bond acceptors (Lipinski definition) is 2. The van der Waals surface area contributed by atoms with Crippen LogP contribution in [0.4, 0.5) is 0 Å². The van der Waals surface area contributed by atoms with Crippen LogP contribution in [-0.4, -0.2) is 31.5 Å². The summed E-state index contributed by atoms with van der Waals surface area (Å²) < 4.78 is 5.25. The van der Waals surface area contributed by atoms with E-state index >= 15 is 0 Å². The molecule has 1 saturated heterocycles. The minimum absolute atomic E-state index is 0.0543. The highest BCUT2D eigenvalue weighted by molar-refractivity contribution is 6.83. The van der Waals surface area contributed by atoms with E-state index in [-0.39, 0.29) is 18.3 Å². The predicted molar refractivity (Wildman–Crippen MR) is 51.5 cm³/mol. The molecule has 0 radical (unpaired) electrons. The van der Waals surface area contributed by atoms with E-state index in [1.54, 1.807) is 0 Å². The number of aliphatic hydroxyl groups excluding tert-OH is 1. The number of hydrogen-bond donors (Lipinski definition) is 1. The standard InChI is InChI=1S/C9H16O2Si/c1-9(8(7-10)11-9)5-6-12(2,3)4/h8,10H,7H2,1-4H3/t8-,9+/m1/s1. The first-order chi connectivity index (χ1) is 5.37. The van der Waals surface area contributed by atoms with Crippen LogP contribution in [-0.2, 0) is 4.74 Å². The van der Waals surface area contributed by atoms with Gasteiger partial charge in [0, 0.05) is 0 Å². The monoisotopic (exact) mass is 184 g/mol. The molecule has 68 valence electrons. The fourth-order valence-corrected chi connectivity index (χ4v) is 1.52. The van der Waals surface area contributed by atoms with E-state index in [0.29, 0.717) is 0 Å². The van der Waals surface area contributed by atoms with Crippen molar-refractivity contribution in [1.29, 1.82) is 0 Å². The molecule has 0 unspecified atom stereocenters. The summed E-state index contributed by atoms with van der Waals surface area (Å²) >= 11 is 0. The Morgan fingerprint density at radius 1 is 1.50 bits per heavy atom. The number of epoxide rings is 1. The van der Waals surface area contributed by atoms with Crippen LogP contribution in [0.25, 0.3) is 0 Å². The van der Waals surface area contributed by atoms with E-state index in [0.717, 1.165) is 0 Å². The van der Waals surface area contributed by atoms with Gasteiger partial charge in [-0.3, -0.25) is 0 Å². The van der Waals surface area contributed by atoms with Crippen LogP contribution in [0.15, 0.2) is 0 Å². The summed E-state index contributed by atoms with van der Waals surface area (Å²) in [5.41, 5.74) is 2.89. The Hall–Kier alpha value is -0.303. The van der Waals surface area contributed by atoms with Crippen molar-refractivity contribution in [1.82, 2.24) is 0 Å². The average molecular weight is 184 g/mol.